The molecule has 1 saturated heterocycles. The van der Waals surface area contributed by atoms with Crippen molar-refractivity contribution in [3.63, 3.8) is 0 Å². The molecule has 1 aliphatic heterocycles. The summed E-state index contributed by atoms with van der Waals surface area (Å²) < 4.78 is 4.95. The number of urea groups is 1. The van der Waals surface area contributed by atoms with E-state index in [-0.39, 0.29) is 18.2 Å². The van der Waals surface area contributed by atoms with Crippen molar-refractivity contribution in [2.24, 2.45) is 0 Å². The molecule has 8 heteroatoms. The summed E-state index contributed by atoms with van der Waals surface area (Å²) in [6, 6.07) is 11.1. The van der Waals surface area contributed by atoms with Gasteiger partial charge in [0, 0.05) is 22.8 Å². The number of anilines is 2. The summed E-state index contributed by atoms with van der Waals surface area (Å²) in [6.45, 7) is 1.39. The lowest BCUT2D eigenvalue weighted by Gasteiger charge is -2.23. The van der Waals surface area contributed by atoms with Gasteiger partial charge in [-0.3, -0.25) is 4.90 Å². The maximum Gasteiger partial charge on any atom is 0.414 e. The van der Waals surface area contributed by atoms with E-state index in [0.29, 0.717) is 31.1 Å². The van der Waals surface area contributed by atoms with E-state index < -0.39 is 0 Å². The van der Waals surface area contributed by atoms with Crippen LogP contribution in [0.3, 0.4) is 0 Å². The van der Waals surface area contributed by atoms with Crippen molar-refractivity contribution in [3.8, 4) is 0 Å². The first kappa shape index (κ1) is 18.2. The fraction of sp³-hybridized carbons (Fsp3) is 0.333. The number of nitrogens with zero attached hydrogens (tertiary/aromatic N) is 2. The van der Waals surface area contributed by atoms with E-state index in [1.54, 1.807) is 34.4 Å². The molecule has 1 aromatic heterocycles. The zero-order valence-corrected chi connectivity index (χ0v) is 15.6. The van der Waals surface area contributed by atoms with E-state index in [0.717, 1.165) is 0 Å². The standard InChI is InChI=1S/C18H22N4O3S/c1-21(2)15(16-7-4-10-26-16)12-19-17(23)20-13-5-3-6-14(11-13)22-8-9-25-18(22)24/h3-7,10-11,15H,8-9,12H2,1-2H3,(H2,19,20,23)/t15-/m1/s1. The molecule has 26 heavy (non-hydrogen) atoms. The highest BCUT2D eigenvalue weighted by molar-refractivity contribution is 7.10. The molecule has 0 aliphatic carbocycles. The molecule has 0 spiro atoms. The quantitative estimate of drug-likeness (QED) is 0.815. The first-order chi connectivity index (χ1) is 12.5. The van der Waals surface area contributed by atoms with Gasteiger partial charge >= 0.3 is 12.1 Å². The van der Waals surface area contributed by atoms with Gasteiger partial charge in [-0.2, -0.15) is 0 Å². The first-order valence-electron chi connectivity index (χ1n) is 8.33. The van der Waals surface area contributed by atoms with Gasteiger partial charge in [-0.1, -0.05) is 12.1 Å². The van der Waals surface area contributed by atoms with Crippen LogP contribution in [-0.4, -0.2) is 50.8 Å². The molecule has 1 atom stereocenters. The van der Waals surface area contributed by atoms with Crippen molar-refractivity contribution >= 4 is 34.8 Å². The van der Waals surface area contributed by atoms with Gasteiger partial charge < -0.3 is 20.3 Å². The number of likely N-dealkylation sites (N-methyl/N-ethyl adjacent to an activating group) is 1. The van der Waals surface area contributed by atoms with Crippen LogP contribution in [0.2, 0.25) is 0 Å². The van der Waals surface area contributed by atoms with E-state index in [1.165, 1.54) is 4.88 Å². The Balaban J connectivity index is 1.59. The molecule has 2 heterocycles. The van der Waals surface area contributed by atoms with Crippen LogP contribution in [0.1, 0.15) is 10.9 Å². The second-order valence-corrected chi connectivity index (χ2v) is 7.13. The van der Waals surface area contributed by atoms with Crippen LogP contribution in [0.25, 0.3) is 0 Å². The number of thiophene rings is 1. The van der Waals surface area contributed by atoms with Gasteiger partial charge in [-0.25, -0.2) is 9.59 Å². The molecular formula is C18H22N4O3S. The van der Waals surface area contributed by atoms with Crippen LogP contribution >= 0.6 is 11.3 Å². The Morgan fingerprint density at radius 1 is 1.35 bits per heavy atom. The number of hydrogen-bond donors (Lipinski definition) is 2. The van der Waals surface area contributed by atoms with Crippen molar-refractivity contribution in [2.75, 3.05) is 44.0 Å². The van der Waals surface area contributed by atoms with Crippen molar-refractivity contribution < 1.29 is 14.3 Å². The largest absolute Gasteiger partial charge is 0.447 e. The molecule has 0 radical (unpaired) electrons. The first-order valence-corrected chi connectivity index (χ1v) is 9.21. The highest BCUT2D eigenvalue weighted by Crippen LogP contribution is 2.23. The van der Waals surface area contributed by atoms with Gasteiger partial charge in [0.25, 0.3) is 0 Å². The van der Waals surface area contributed by atoms with E-state index in [1.807, 2.05) is 31.6 Å². The van der Waals surface area contributed by atoms with Crippen LogP contribution < -0.4 is 15.5 Å². The molecule has 138 valence electrons. The SMILES string of the molecule is CN(C)[C@H](CNC(=O)Nc1cccc(N2CCOC2=O)c1)c1cccs1. The summed E-state index contributed by atoms with van der Waals surface area (Å²) in [5.41, 5.74) is 1.33. The van der Waals surface area contributed by atoms with Crippen LogP contribution in [0.15, 0.2) is 41.8 Å². The molecule has 0 unspecified atom stereocenters. The second kappa shape index (κ2) is 8.20. The second-order valence-electron chi connectivity index (χ2n) is 6.15. The molecule has 0 bridgehead atoms. The van der Waals surface area contributed by atoms with Crippen LogP contribution in [0.5, 0.6) is 0 Å². The van der Waals surface area contributed by atoms with Crippen molar-refractivity contribution in [3.05, 3.63) is 46.7 Å². The summed E-state index contributed by atoms with van der Waals surface area (Å²) in [5.74, 6) is 0. The van der Waals surface area contributed by atoms with E-state index in [9.17, 15) is 9.59 Å². The predicted molar refractivity (Wildman–Crippen MR) is 103 cm³/mol. The van der Waals surface area contributed by atoms with Gasteiger partial charge in [-0.05, 0) is 43.7 Å². The summed E-state index contributed by atoms with van der Waals surface area (Å²) in [7, 11) is 3.98. The normalized spacial score (nSPS) is 15.0. The Kier molecular flexibility index (Phi) is 5.75. The molecule has 1 aromatic carbocycles. The molecule has 3 amide bonds. The van der Waals surface area contributed by atoms with Crippen LogP contribution in [0, 0.1) is 0 Å². The van der Waals surface area contributed by atoms with Gasteiger partial charge in [0.1, 0.15) is 6.61 Å². The number of nitrogens with one attached hydrogen (secondary N) is 2. The minimum absolute atomic E-state index is 0.117. The van der Waals surface area contributed by atoms with Gasteiger partial charge in [0.2, 0.25) is 0 Å². The van der Waals surface area contributed by atoms with Crippen LogP contribution in [-0.2, 0) is 4.74 Å². The predicted octanol–water partition coefficient (Wildman–Crippen LogP) is 3.13. The van der Waals surface area contributed by atoms with Crippen molar-refractivity contribution in [2.45, 2.75) is 6.04 Å². The monoisotopic (exact) mass is 374 g/mol. The average molecular weight is 374 g/mol. The molecule has 7 nitrogen and oxygen atoms in total. The average Bonchev–Trinajstić information content (AvgIpc) is 3.27. The summed E-state index contributed by atoms with van der Waals surface area (Å²) >= 11 is 1.67. The highest BCUT2D eigenvalue weighted by Gasteiger charge is 2.23. The number of hydrogen-bond acceptors (Lipinski definition) is 5. The molecule has 3 rings (SSSR count). The third kappa shape index (κ3) is 4.33. The maximum absolute atomic E-state index is 12.3. The fourth-order valence-corrected chi connectivity index (χ4v) is 3.69. The van der Waals surface area contributed by atoms with Crippen molar-refractivity contribution in [1.82, 2.24) is 10.2 Å². The lowest BCUT2D eigenvalue weighted by atomic mass is 10.2. The Labute approximate surface area is 156 Å². The smallest absolute Gasteiger partial charge is 0.414 e. The number of carbonyl (C=O) groups excluding carboxylic acids is 2. The number of ether oxygens (including phenoxy) is 1. The third-order valence-electron chi connectivity index (χ3n) is 4.13. The summed E-state index contributed by atoms with van der Waals surface area (Å²) in [4.78, 5) is 28.7. The molecule has 1 fully saturated rings. The number of carbonyl (C=O) groups is 2. The minimum atomic E-state index is -0.364. The van der Waals surface area contributed by atoms with Crippen molar-refractivity contribution in [1.29, 1.82) is 0 Å². The minimum Gasteiger partial charge on any atom is -0.447 e. The van der Waals surface area contributed by atoms with Gasteiger partial charge in [-0.15, -0.1) is 11.3 Å². The Morgan fingerprint density at radius 3 is 2.85 bits per heavy atom. The maximum atomic E-state index is 12.3. The third-order valence-corrected chi connectivity index (χ3v) is 5.10. The lowest BCUT2D eigenvalue weighted by molar-refractivity contribution is 0.181. The van der Waals surface area contributed by atoms with Crippen LogP contribution in [0.4, 0.5) is 21.0 Å². The number of cyclic esters (lactones) is 1. The molecular weight excluding hydrogens is 352 g/mol. The molecule has 0 saturated carbocycles. The van der Waals surface area contributed by atoms with E-state index >= 15 is 0 Å². The fourth-order valence-electron chi connectivity index (χ4n) is 2.76. The zero-order chi connectivity index (χ0) is 18.5. The van der Waals surface area contributed by atoms with Gasteiger partial charge in [0.15, 0.2) is 0 Å². The Morgan fingerprint density at radius 2 is 2.19 bits per heavy atom. The molecule has 2 N–H and O–H groups in total. The topological polar surface area (TPSA) is 73.9 Å². The molecule has 1 aliphatic rings. The Hall–Kier alpha value is -2.58. The number of rotatable bonds is 6. The number of amides is 3. The van der Waals surface area contributed by atoms with E-state index in [4.69, 9.17) is 4.74 Å². The Bertz CT molecular complexity index is 764. The summed E-state index contributed by atoms with van der Waals surface area (Å²) in [6.07, 6.45) is -0.364. The van der Waals surface area contributed by atoms with Gasteiger partial charge in [0.05, 0.1) is 12.6 Å². The number of benzene rings is 1. The zero-order valence-electron chi connectivity index (χ0n) is 14.8. The summed E-state index contributed by atoms with van der Waals surface area (Å²) in [5, 5.41) is 7.75. The lowest BCUT2D eigenvalue weighted by Crippen LogP contribution is -2.36. The molecule has 2 aromatic rings. The highest BCUT2D eigenvalue weighted by atomic mass is 32.1. The van der Waals surface area contributed by atoms with E-state index in [2.05, 4.69) is 21.6 Å².